The van der Waals surface area contributed by atoms with Gasteiger partial charge < -0.3 is 9.32 Å². The van der Waals surface area contributed by atoms with E-state index in [0.717, 1.165) is 23.3 Å². The Kier molecular flexibility index (Phi) is 3.96. The van der Waals surface area contributed by atoms with E-state index >= 15 is 0 Å². The molecule has 0 aliphatic carbocycles. The Bertz CT molecular complexity index is 937. The molecule has 0 unspecified atom stereocenters. The molecule has 0 radical (unpaired) electrons. The second-order valence-electron chi connectivity index (χ2n) is 6.14. The maximum absolute atomic E-state index is 12.6. The van der Waals surface area contributed by atoms with Crippen molar-refractivity contribution >= 4 is 22.6 Å². The van der Waals surface area contributed by atoms with E-state index in [1.807, 2.05) is 48.5 Å². The van der Waals surface area contributed by atoms with Crippen molar-refractivity contribution in [2.24, 2.45) is 0 Å². The lowest BCUT2D eigenvalue weighted by Gasteiger charge is -2.34. The number of piperazine rings is 1. The summed E-state index contributed by atoms with van der Waals surface area (Å²) in [7, 11) is 0. The number of nitriles is 1. The molecule has 124 valence electrons. The topological polar surface area (TPSA) is 60.5 Å². The molecule has 5 nitrogen and oxygen atoms in total. The van der Waals surface area contributed by atoms with Gasteiger partial charge in [0.15, 0.2) is 0 Å². The second kappa shape index (κ2) is 6.42. The number of nitrogens with zero attached hydrogens (tertiary/aromatic N) is 3. The van der Waals surface area contributed by atoms with Crippen molar-refractivity contribution in [3.8, 4) is 6.07 Å². The predicted molar refractivity (Wildman–Crippen MR) is 95.0 cm³/mol. The summed E-state index contributed by atoms with van der Waals surface area (Å²) >= 11 is 0. The van der Waals surface area contributed by atoms with Crippen molar-refractivity contribution in [3.05, 3.63) is 65.9 Å². The molecule has 0 saturated carbocycles. The molecule has 1 aromatic heterocycles. The molecule has 0 spiro atoms. The van der Waals surface area contributed by atoms with Crippen LogP contribution in [0.3, 0.4) is 0 Å². The standard InChI is InChI=1S/C20H17N3O2/c21-12-16-6-1-3-7-18(16)23-10-9-22(14-20(23)24)13-17-11-15-5-2-4-8-19(15)25-17/h1-8,11H,9-10,13-14H2. The summed E-state index contributed by atoms with van der Waals surface area (Å²) in [6.45, 7) is 2.23. The smallest absolute Gasteiger partial charge is 0.241 e. The van der Waals surface area contributed by atoms with E-state index in [9.17, 15) is 10.1 Å². The monoisotopic (exact) mass is 331 g/mol. The fourth-order valence-corrected chi connectivity index (χ4v) is 3.25. The zero-order valence-electron chi connectivity index (χ0n) is 13.7. The second-order valence-corrected chi connectivity index (χ2v) is 6.14. The van der Waals surface area contributed by atoms with E-state index in [-0.39, 0.29) is 5.91 Å². The van der Waals surface area contributed by atoms with Gasteiger partial charge in [-0.2, -0.15) is 5.26 Å². The van der Waals surface area contributed by atoms with Gasteiger partial charge in [0.25, 0.3) is 0 Å². The number of benzene rings is 2. The fraction of sp³-hybridized carbons (Fsp3) is 0.200. The minimum Gasteiger partial charge on any atom is -0.460 e. The number of carbonyl (C=O) groups excluding carboxylic acids is 1. The van der Waals surface area contributed by atoms with Crippen LogP contribution in [0.25, 0.3) is 11.0 Å². The highest BCUT2D eigenvalue weighted by Crippen LogP contribution is 2.24. The zero-order valence-corrected chi connectivity index (χ0v) is 13.7. The first-order valence-corrected chi connectivity index (χ1v) is 8.24. The molecule has 1 saturated heterocycles. The lowest BCUT2D eigenvalue weighted by molar-refractivity contribution is -0.121. The van der Waals surface area contributed by atoms with Crippen LogP contribution in [0.15, 0.2) is 59.0 Å². The largest absolute Gasteiger partial charge is 0.460 e. The third-order valence-electron chi connectivity index (χ3n) is 4.47. The lowest BCUT2D eigenvalue weighted by atomic mass is 10.1. The number of carbonyl (C=O) groups is 1. The molecule has 3 aromatic rings. The van der Waals surface area contributed by atoms with Crippen LogP contribution in [0, 0.1) is 11.3 Å². The van der Waals surface area contributed by atoms with Crippen LogP contribution in [0.2, 0.25) is 0 Å². The predicted octanol–water partition coefficient (Wildman–Crippen LogP) is 3.15. The van der Waals surface area contributed by atoms with Crippen LogP contribution < -0.4 is 4.90 Å². The van der Waals surface area contributed by atoms with E-state index in [4.69, 9.17) is 4.42 Å². The first-order valence-electron chi connectivity index (χ1n) is 8.24. The van der Waals surface area contributed by atoms with Crippen LogP contribution in [-0.4, -0.2) is 30.4 Å². The Balaban J connectivity index is 1.48. The molecule has 4 rings (SSSR count). The van der Waals surface area contributed by atoms with Gasteiger partial charge in [0, 0.05) is 18.5 Å². The van der Waals surface area contributed by atoms with Gasteiger partial charge in [0.2, 0.25) is 5.91 Å². The summed E-state index contributed by atoms with van der Waals surface area (Å²) in [5, 5.41) is 10.3. The molecule has 2 heterocycles. The fourth-order valence-electron chi connectivity index (χ4n) is 3.25. The Morgan fingerprint density at radius 2 is 1.88 bits per heavy atom. The van der Waals surface area contributed by atoms with E-state index in [1.165, 1.54) is 0 Å². The average molecular weight is 331 g/mol. The van der Waals surface area contributed by atoms with E-state index in [2.05, 4.69) is 11.0 Å². The van der Waals surface area contributed by atoms with Crippen LogP contribution in [-0.2, 0) is 11.3 Å². The number of para-hydroxylation sites is 2. The SMILES string of the molecule is N#Cc1ccccc1N1CCN(Cc2cc3ccccc3o2)CC1=O. The molecular weight excluding hydrogens is 314 g/mol. The average Bonchev–Trinajstić information content (AvgIpc) is 3.04. The van der Waals surface area contributed by atoms with Crippen molar-refractivity contribution in [2.75, 3.05) is 24.5 Å². The normalized spacial score (nSPS) is 15.5. The first kappa shape index (κ1) is 15.4. The van der Waals surface area contributed by atoms with Gasteiger partial charge in [0.1, 0.15) is 17.4 Å². The summed E-state index contributed by atoms with van der Waals surface area (Å²) in [5.41, 5.74) is 2.09. The van der Waals surface area contributed by atoms with Crippen molar-refractivity contribution in [3.63, 3.8) is 0 Å². The van der Waals surface area contributed by atoms with Gasteiger partial charge in [0.05, 0.1) is 24.3 Å². The quantitative estimate of drug-likeness (QED) is 0.740. The molecule has 0 N–H and O–H groups in total. The zero-order chi connectivity index (χ0) is 17.2. The van der Waals surface area contributed by atoms with Crippen molar-refractivity contribution in [2.45, 2.75) is 6.54 Å². The molecule has 0 atom stereocenters. The van der Waals surface area contributed by atoms with Gasteiger partial charge in [-0.1, -0.05) is 30.3 Å². The van der Waals surface area contributed by atoms with Crippen LogP contribution in [0.4, 0.5) is 5.69 Å². The molecule has 1 aliphatic rings. The number of hydrogen-bond acceptors (Lipinski definition) is 4. The number of rotatable bonds is 3. The third-order valence-corrected chi connectivity index (χ3v) is 4.47. The molecular formula is C20H17N3O2. The summed E-state index contributed by atoms with van der Waals surface area (Å²) < 4.78 is 5.84. The highest BCUT2D eigenvalue weighted by molar-refractivity contribution is 5.96. The summed E-state index contributed by atoms with van der Waals surface area (Å²) in [4.78, 5) is 16.4. The summed E-state index contributed by atoms with van der Waals surface area (Å²) in [5.74, 6) is 0.866. The minimum atomic E-state index is 0.00469. The van der Waals surface area contributed by atoms with E-state index < -0.39 is 0 Å². The van der Waals surface area contributed by atoms with Gasteiger partial charge in [-0.15, -0.1) is 0 Å². The minimum absolute atomic E-state index is 0.00469. The molecule has 2 aromatic carbocycles. The van der Waals surface area contributed by atoms with Crippen molar-refractivity contribution in [1.29, 1.82) is 5.26 Å². The maximum Gasteiger partial charge on any atom is 0.241 e. The van der Waals surface area contributed by atoms with Gasteiger partial charge >= 0.3 is 0 Å². The molecule has 1 amide bonds. The number of amides is 1. The lowest BCUT2D eigenvalue weighted by Crippen LogP contribution is -2.50. The van der Waals surface area contributed by atoms with Gasteiger partial charge in [-0.3, -0.25) is 9.69 Å². The first-order chi connectivity index (χ1) is 12.2. The Labute approximate surface area is 145 Å². The summed E-state index contributed by atoms with van der Waals surface area (Å²) in [6.07, 6.45) is 0. The van der Waals surface area contributed by atoms with Gasteiger partial charge in [-0.05, 0) is 24.3 Å². The number of hydrogen-bond donors (Lipinski definition) is 0. The van der Waals surface area contributed by atoms with Gasteiger partial charge in [-0.25, -0.2) is 0 Å². The Morgan fingerprint density at radius 3 is 2.68 bits per heavy atom. The molecule has 0 bridgehead atoms. The molecule has 25 heavy (non-hydrogen) atoms. The van der Waals surface area contributed by atoms with E-state index in [1.54, 1.807) is 11.0 Å². The maximum atomic E-state index is 12.6. The van der Waals surface area contributed by atoms with Crippen molar-refractivity contribution < 1.29 is 9.21 Å². The summed E-state index contributed by atoms with van der Waals surface area (Å²) in [6, 6.07) is 19.3. The number of anilines is 1. The van der Waals surface area contributed by atoms with Crippen molar-refractivity contribution in [1.82, 2.24) is 4.90 Å². The van der Waals surface area contributed by atoms with Crippen LogP contribution >= 0.6 is 0 Å². The Morgan fingerprint density at radius 1 is 1.08 bits per heavy atom. The number of furan rings is 1. The van der Waals surface area contributed by atoms with Crippen LogP contribution in [0.5, 0.6) is 0 Å². The highest BCUT2D eigenvalue weighted by atomic mass is 16.3. The molecule has 5 heteroatoms. The highest BCUT2D eigenvalue weighted by Gasteiger charge is 2.27. The molecule has 1 fully saturated rings. The molecule has 1 aliphatic heterocycles. The number of fused-ring (bicyclic) bond motifs is 1. The van der Waals surface area contributed by atoms with E-state index in [0.29, 0.717) is 30.9 Å². The Hall–Kier alpha value is -3.10. The third kappa shape index (κ3) is 3.00. The van der Waals surface area contributed by atoms with Crippen LogP contribution in [0.1, 0.15) is 11.3 Å².